The Kier molecular flexibility index (Phi) is 6.14. The van der Waals surface area contributed by atoms with Crippen LogP contribution in [-0.2, 0) is 0 Å². The molecule has 1 amide bonds. The maximum absolute atomic E-state index is 12.6. The Morgan fingerprint density at radius 3 is 3.00 bits per heavy atom. The molecule has 0 bridgehead atoms. The van der Waals surface area contributed by atoms with Gasteiger partial charge in [0, 0.05) is 26.5 Å². The number of hydrogen-bond donors (Lipinski definition) is 0. The van der Waals surface area contributed by atoms with Crippen LogP contribution in [0.25, 0.3) is 0 Å². The molecule has 1 unspecified atom stereocenters. The van der Waals surface area contributed by atoms with Crippen molar-refractivity contribution >= 4 is 60.4 Å². The quantitative estimate of drug-likeness (QED) is 0.435. The van der Waals surface area contributed by atoms with E-state index in [0.29, 0.717) is 5.92 Å². The predicted octanol–water partition coefficient (Wildman–Crippen LogP) is 4.69. The van der Waals surface area contributed by atoms with Gasteiger partial charge in [-0.1, -0.05) is 15.9 Å². The van der Waals surface area contributed by atoms with Gasteiger partial charge in [0.25, 0.3) is 5.91 Å². The molecule has 0 saturated carbocycles. The second-order valence-electron chi connectivity index (χ2n) is 4.86. The molecule has 1 fully saturated rings. The van der Waals surface area contributed by atoms with E-state index < -0.39 is 0 Å². The van der Waals surface area contributed by atoms with Crippen LogP contribution in [0.1, 0.15) is 29.6 Å². The van der Waals surface area contributed by atoms with E-state index in [4.69, 9.17) is 0 Å². The summed E-state index contributed by atoms with van der Waals surface area (Å²) in [6.07, 6.45) is 3.51. The highest BCUT2D eigenvalue weighted by Gasteiger charge is 2.25. The van der Waals surface area contributed by atoms with Gasteiger partial charge in [-0.25, -0.2) is 0 Å². The fraction of sp³-hybridized carbons (Fsp3) is 0.500. The summed E-state index contributed by atoms with van der Waals surface area (Å²) in [5.74, 6) is 0.795. The smallest absolute Gasteiger partial charge is 0.255 e. The largest absolute Gasteiger partial charge is 0.338 e. The van der Waals surface area contributed by atoms with Gasteiger partial charge in [0.15, 0.2) is 0 Å². The number of amides is 1. The second-order valence-corrected chi connectivity index (χ2v) is 7.75. The molecule has 1 heterocycles. The van der Waals surface area contributed by atoms with Crippen LogP contribution < -0.4 is 0 Å². The molecule has 1 aliphatic rings. The SMILES string of the molecule is O=C(c1cc(I)ccc1Br)N1CCCC(CCBr)C1. The third-order valence-electron chi connectivity index (χ3n) is 3.48. The van der Waals surface area contributed by atoms with E-state index in [-0.39, 0.29) is 5.91 Å². The Bertz CT molecular complexity index is 465. The maximum Gasteiger partial charge on any atom is 0.255 e. The molecule has 104 valence electrons. The molecular formula is C14H16Br2INO. The van der Waals surface area contributed by atoms with Crippen molar-refractivity contribution in [2.75, 3.05) is 18.4 Å². The third-order valence-corrected chi connectivity index (χ3v) is 5.30. The lowest BCUT2D eigenvalue weighted by Gasteiger charge is -2.33. The van der Waals surface area contributed by atoms with E-state index in [2.05, 4.69) is 54.5 Å². The predicted molar refractivity (Wildman–Crippen MR) is 93.9 cm³/mol. The first kappa shape index (κ1) is 15.8. The van der Waals surface area contributed by atoms with Crippen molar-refractivity contribution in [2.45, 2.75) is 19.3 Å². The van der Waals surface area contributed by atoms with Gasteiger partial charge in [-0.3, -0.25) is 4.79 Å². The van der Waals surface area contributed by atoms with Crippen LogP contribution in [0.5, 0.6) is 0 Å². The van der Waals surface area contributed by atoms with Gasteiger partial charge in [-0.2, -0.15) is 0 Å². The molecule has 1 aliphatic heterocycles. The number of carbonyl (C=O) groups is 1. The number of likely N-dealkylation sites (tertiary alicyclic amines) is 1. The normalized spacial score (nSPS) is 19.5. The fourth-order valence-electron chi connectivity index (χ4n) is 2.47. The lowest BCUT2D eigenvalue weighted by molar-refractivity contribution is 0.0671. The van der Waals surface area contributed by atoms with Crippen LogP contribution in [0.2, 0.25) is 0 Å². The summed E-state index contributed by atoms with van der Waals surface area (Å²) >= 11 is 9.23. The number of piperidine rings is 1. The molecule has 1 saturated heterocycles. The second kappa shape index (κ2) is 7.41. The number of halogens is 3. The zero-order valence-electron chi connectivity index (χ0n) is 10.5. The van der Waals surface area contributed by atoms with Crippen LogP contribution in [0.3, 0.4) is 0 Å². The van der Waals surface area contributed by atoms with Crippen molar-refractivity contribution in [3.63, 3.8) is 0 Å². The zero-order valence-corrected chi connectivity index (χ0v) is 15.9. The van der Waals surface area contributed by atoms with Crippen molar-refractivity contribution in [3.05, 3.63) is 31.8 Å². The minimum absolute atomic E-state index is 0.157. The third kappa shape index (κ3) is 4.17. The standard InChI is InChI=1S/C14H16Br2INO/c15-6-5-10-2-1-7-18(9-10)14(19)12-8-11(17)3-4-13(12)16/h3-4,8,10H,1-2,5-7,9H2. The van der Waals surface area contributed by atoms with Gasteiger partial charge in [0.2, 0.25) is 0 Å². The summed E-state index contributed by atoms with van der Waals surface area (Å²) < 4.78 is 1.98. The first-order valence-corrected chi connectivity index (χ1v) is 9.41. The molecule has 0 spiro atoms. The molecule has 1 aromatic rings. The van der Waals surface area contributed by atoms with E-state index in [0.717, 1.165) is 44.9 Å². The van der Waals surface area contributed by atoms with E-state index >= 15 is 0 Å². The number of alkyl halides is 1. The lowest BCUT2D eigenvalue weighted by Crippen LogP contribution is -2.40. The fourth-order valence-corrected chi connectivity index (χ4v) is 4.03. The minimum Gasteiger partial charge on any atom is -0.338 e. The van der Waals surface area contributed by atoms with Crippen molar-refractivity contribution in [2.24, 2.45) is 5.92 Å². The molecule has 2 nitrogen and oxygen atoms in total. The van der Waals surface area contributed by atoms with Crippen LogP contribution in [-0.4, -0.2) is 29.2 Å². The van der Waals surface area contributed by atoms with Gasteiger partial charge in [0.1, 0.15) is 0 Å². The monoisotopic (exact) mass is 499 g/mol. The topological polar surface area (TPSA) is 20.3 Å². The molecule has 5 heteroatoms. The average molecular weight is 501 g/mol. The summed E-state index contributed by atoms with van der Waals surface area (Å²) in [7, 11) is 0. The summed E-state index contributed by atoms with van der Waals surface area (Å²) in [6.45, 7) is 1.78. The number of hydrogen-bond acceptors (Lipinski definition) is 1. The number of rotatable bonds is 3. The van der Waals surface area contributed by atoms with Crippen molar-refractivity contribution < 1.29 is 4.79 Å². The van der Waals surface area contributed by atoms with E-state index in [9.17, 15) is 4.79 Å². The van der Waals surface area contributed by atoms with Crippen molar-refractivity contribution in [3.8, 4) is 0 Å². The Hall–Kier alpha value is 0.380. The van der Waals surface area contributed by atoms with E-state index in [1.54, 1.807) is 0 Å². The average Bonchev–Trinajstić information content (AvgIpc) is 2.41. The van der Waals surface area contributed by atoms with E-state index in [1.807, 2.05) is 23.1 Å². The van der Waals surface area contributed by atoms with Crippen molar-refractivity contribution in [1.29, 1.82) is 0 Å². The molecule has 2 rings (SSSR count). The Labute approximate surface area is 144 Å². The first-order chi connectivity index (χ1) is 9.11. The van der Waals surface area contributed by atoms with Crippen LogP contribution in [0, 0.1) is 9.49 Å². The van der Waals surface area contributed by atoms with Crippen LogP contribution in [0.15, 0.2) is 22.7 Å². The van der Waals surface area contributed by atoms with Gasteiger partial charge < -0.3 is 4.90 Å². The van der Waals surface area contributed by atoms with Crippen LogP contribution >= 0.6 is 54.5 Å². The highest BCUT2D eigenvalue weighted by Crippen LogP contribution is 2.25. The molecule has 0 aliphatic carbocycles. The summed E-state index contributed by atoms with van der Waals surface area (Å²) in [6, 6.07) is 5.92. The summed E-state index contributed by atoms with van der Waals surface area (Å²) in [4.78, 5) is 14.6. The first-order valence-electron chi connectivity index (χ1n) is 6.42. The maximum atomic E-state index is 12.6. The summed E-state index contributed by atoms with van der Waals surface area (Å²) in [5, 5.41) is 1.02. The highest BCUT2D eigenvalue weighted by atomic mass is 127. The Morgan fingerprint density at radius 1 is 1.47 bits per heavy atom. The lowest BCUT2D eigenvalue weighted by atomic mass is 9.95. The van der Waals surface area contributed by atoms with Gasteiger partial charge in [0.05, 0.1) is 5.56 Å². The molecular weight excluding hydrogens is 485 g/mol. The molecule has 0 N–H and O–H groups in total. The van der Waals surface area contributed by atoms with Crippen molar-refractivity contribution in [1.82, 2.24) is 4.90 Å². The van der Waals surface area contributed by atoms with E-state index in [1.165, 1.54) is 6.42 Å². The number of carbonyl (C=O) groups excluding carboxylic acids is 1. The number of benzene rings is 1. The minimum atomic E-state index is 0.157. The van der Waals surface area contributed by atoms with Gasteiger partial charge in [-0.15, -0.1) is 0 Å². The van der Waals surface area contributed by atoms with Crippen LogP contribution in [0.4, 0.5) is 0 Å². The Balaban J connectivity index is 2.12. The molecule has 1 aromatic carbocycles. The highest BCUT2D eigenvalue weighted by molar-refractivity contribution is 14.1. The molecule has 1 atom stereocenters. The Morgan fingerprint density at radius 2 is 2.26 bits per heavy atom. The molecule has 0 aromatic heterocycles. The van der Waals surface area contributed by atoms with Gasteiger partial charge >= 0.3 is 0 Å². The molecule has 19 heavy (non-hydrogen) atoms. The number of nitrogens with zero attached hydrogens (tertiary/aromatic N) is 1. The summed E-state index contributed by atoms with van der Waals surface area (Å²) in [5.41, 5.74) is 0.784. The van der Waals surface area contributed by atoms with Gasteiger partial charge in [-0.05, 0) is 81.9 Å². The molecule has 0 radical (unpaired) electrons. The zero-order chi connectivity index (χ0) is 13.8.